The van der Waals surface area contributed by atoms with Crippen molar-refractivity contribution in [2.45, 2.75) is 25.0 Å². The SMILES string of the molecule is CSc1ccc(COC(=O)CNC(=O)c2ccc3c(c2C)B(O)OC3)cc1. The molecule has 1 aliphatic heterocycles. The predicted octanol–water partition coefficient (Wildman–Crippen LogP) is 1.41. The van der Waals surface area contributed by atoms with Gasteiger partial charge in [-0.15, -0.1) is 11.8 Å². The third kappa shape index (κ3) is 4.52. The second-order valence-corrected chi connectivity index (χ2v) is 7.05. The second kappa shape index (κ2) is 8.60. The van der Waals surface area contributed by atoms with E-state index in [2.05, 4.69) is 5.32 Å². The van der Waals surface area contributed by atoms with Gasteiger partial charge in [-0.3, -0.25) is 9.59 Å². The van der Waals surface area contributed by atoms with E-state index in [1.54, 1.807) is 30.8 Å². The highest BCUT2D eigenvalue weighted by Crippen LogP contribution is 2.17. The Morgan fingerprint density at radius 3 is 2.70 bits per heavy atom. The highest BCUT2D eigenvalue weighted by atomic mass is 32.2. The maximum absolute atomic E-state index is 12.4. The number of hydrogen-bond donors (Lipinski definition) is 2. The van der Waals surface area contributed by atoms with Crippen LogP contribution in [0.1, 0.15) is 27.0 Å². The lowest BCUT2D eigenvalue weighted by molar-refractivity contribution is -0.143. The van der Waals surface area contributed by atoms with E-state index in [9.17, 15) is 14.6 Å². The molecule has 1 amide bonds. The fourth-order valence-corrected chi connectivity index (χ4v) is 3.34. The fourth-order valence-electron chi connectivity index (χ4n) is 2.94. The summed E-state index contributed by atoms with van der Waals surface area (Å²) in [6, 6.07) is 11.2. The van der Waals surface area contributed by atoms with Gasteiger partial charge in [0.25, 0.3) is 5.91 Å². The largest absolute Gasteiger partial charge is 0.492 e. The standard InChI is InChI=1S/C19H20BNO5S/c1-12-16(8-5-14-11-26-20(24)18(12)14)19(23)21-9-17(22)25-10-13-3-6-15(27-2)7-4-13/h3-8,24H,9-11H2,1-2H3,(H,21,23). The summed E-state index contributed by atoms with van der Waals surface area (Å²) < 4.78 is 10.4. The van der Waals surface area contributed by atoms with Gasteiger partial charge >= 0.3 is 13.1 Å². The molecule has 2 aromatic carbocycles. The van der Waals surface area contributed by atoms with Gasteiger partial charge in [0.1, 0.15) is 13.2 Å². The van der Waals surface area contributed by atoms with Crippen molar-refractivity contribution in [3.8, 4) is 0 Å². The van der Waals surface area contributed by atoms with E-state index in [4.69, 9.17) is 9.39 Å². The Hall–Kier alpha value is -2.29. The molecule has 0 spiro atoms. The number of amides is 1. The van der Waals surface area contributed by atoms with Crippen LogP contribution in [0, 0.1) is 6.92 Å². The van der Waals surface area contributed by atoms with Gasteiger partial charge in [-0.25, -0.2) is 0 Å². The van der Waals surface area contributed by atoms with Crippen molar-refractivity contribution in [2.75, 3.05) is 12.8 Å². The molecule has 6 nitrogen and oxygen atoms in total. The summed E-state index contributed by atoms with van der Waals surface area (Å²) in [7, 11) is -1.02. The van der Waals surface area contributed by atoms with Crippen molar-refractivity contribution in [3.05, 3.63) is 58.7 Å². The molecule has 0 saturated carbocycles. The molecule has 27 heavy (non-hydrogen) atoms. The first-order valence-electron chi connectivity index (χ1n) is 8.48. The number of hydrogen-bond acceptors (Lipinski definition) is 6. The number of fused-ring (bicyclic) bond motifs is 1. The molecule has 0 radical (unpaired) electrons. The van der Waals surface area contributed by atoms with Crippen LogP contribution in [0.4, 0.5) is 0 Å². The predicted molar refractivity (Wildman–Crippen MR) is 104 cm³/mol. The molecule has 0 bridgehead atoms. The number of nitrogens with one attached hydrogen (secondary N) is 1. The third-order valence-corrected chi connectivity index (χ3v) is 5.19. The number of thioether (sulfide) groups is 1. The quantitative estimate of drug-likeness (QED) is 0.444. The smallest absolute Gasteiger partial charge is 0.460 e. The summed E-state index contributed by atoms with van der Waals surface area (Å²) in [5.74, 6) is -0.907. The normalized spacial score (nSPS) is 12.6. The number of benzene rings is 2. The molecule has 1 heterocycles. The van der Waals surface area contributed by atoms with E-state index < -0.39 is 19.0 Å². The Morgan fingerprint density at radius 1 is 1.26 bits per heavy atom. The molecule has 0 unspecified atom stereocenters. The number of carbonyl (C=O) groups excluding carboxylic acids is 2. The van der Waals surface area contributed by atoms with Gasteiger partial charge in [0.05, 0.1) is 6.61 Å². The fraction of sp³-hybridized carbons (Fsp3) is 0.263. The number of rotatable bonds is 6. The van der Waals surface area contributed by atoms with E-state index in [0.29, 0.717) is 23.2 Å². The van der Waals surface area contributed by atoms with Crippen molar-refractivity contribution in [2.24, 2.45) is 0 Å². The molecule has 0 atom stereocenters. The second-order valence-electron chi connectivity index (χ2n) is 6.17. The molecule has 140 valence electrons. The summed E-state index contributed by atoms with van der Waals surface area (Å²) in [4.78, 5) is 25.4. The van der Waals surface area contributed by atoms with Gasteiger partial charge in [0.2, 0.25) is 0 Å². The Morgan fingerprint density at radius 2 is 2.00 bits per heavy atom. The van der Waals surface area contributed by atoms with Crippen LogP contribution in [0.3, 0.4) is 0 Å². The van der Waals surface area contributed by atoms with Crippen LogP contribution in [0.5, 0.6) is 0 Å². The van der Waals surface area contributed by atoms with Crippen molar-refractivity contribution in [1.82, 2.24) is 5.32 Å². The maximum atomic E-state index is 12.4. The first-order chi connectivity index (χ1) is 13.0. The lowest BCUT2D eigenvalue weighted by Gasteiger charge is -2.11. The van der Waals surface area contributed by atoms with E-state index >= 15 is 0 Å². The van der Waals surface area contributed by atoms with Crippen LogP contribution in [-0.4, -0.2) is 36.8 Å². The molecule has 0 saturated heterocycles. The third-order valence-electron chi connectivity index (χ3n) is 4.45. The molecule has 0 aliphatic carbocycles. The molecule has 0 fully saturated rings. The van der Waals surface area contributed by atoms with Gasteiger partial charge < -0.3 is 19.7 Å². The van der Waals surface area contributed by atoms with Gasteiger partial charge in [0, 0.05) is 10.5 Å². The summed E-state index contributed by atoms with van der Waals surface area (Å²) in [6.07, 6.45) is 1.99. The zero-order valence-electron chi connectivity index (χ0n) is 15.2. The van der Waals surface area contributed by atoms with E-state index in [1.165, 1.54) is 0 Å². The van der Waals surface area contributed by atoms with Gasteiger partial charge in [-0.05, 0) is 53.5 Å². The number of carbonyl (C=O) groups is 2. The Bertz CT molecular complexity index is 856. The van der Waals surface area contributed by atoms with Gasteiger partial charge in [-0.1, -0.05) is 18.2 Å². The maximum Gasteiger partial charge on any atom is 0.492 e. The first kappa shape index (κ1) is 19.5. The zero-order chi connectivity index (χ0) is 19.4. The molecule has 2 aromatic rings. The average molecular weight is 385 g/mol. The molecule has 0 aromatic heterocycles. The van der Waals surface area contributed by atoms with Crippen molar-refractivity contribution < 1.29 is 24.0 Å². The number of ether oxygens (including phenoxy) is 1. The van der Waals surface area contributed by atoms with E-state index in [1.807, 2.05) is 30.5 Å². The highest BCUT2D eigenvalue weighted by Gasteiger charge is 2.31. The van der Waals surface area contributed by atoms with Gasteiger partial charge in [0.15, 0.2) is 0 Å². The van der Waals surface area contributed by atoms with Crippen LogP contribution in [0.25, 0.3) is 0 Å². The van der Waals surface area contributed by atoms with Crippen LogP contribution < -0.4 is 10.8 Å². The van der Waals surface area contributed by atoms with Crippen LogP contribution in [-0.2, 0) is 27.4 Å². The summed E-state index contributed by atoms with van der Waals surface area (Å²) in [5, 5.41) is 12.4. The minimum atomic E-state index is -1.02. The molecule has 8 heteroatoms. The monoisotopic (exact) mass is 385 g/mol. The first-order valence-corrected chi connectivity index (χ1v) is 9.71. The lowest BCUT2D eigenvalue weighted by Crippen LogP contribution is -2.35. The van der Waals surface area contributed by atoms with E-state index in [0.717, 1.165) is 16.0 Å². The Labute approximate surface area is 162 Å². The molecule has 3 rings (SSSR count). The summed E-state index contributed by atoms with van der Waals surface area (Å²) >= 11 is 1.64. The molecular formula is C19H20BNO5S. The lowest BCUT2D eigenvalue weighted by atomic mass is 9.75. The zero-order valence-corrected chi connectivity index (χ0v) is 16.0. The topological polar surface area (TPSA) is 84.9 Å². The van der Waals surface area contributed by atoms with Crippen LogP contribution in [0.15, 0.2) is 41.3 Å². The average Bonchev–Trinajstić information content (AvgIpc) is 3.07. The highest BCUT2D eigenvalue weighted by molar-refractivity contribution is 7.98. The van der Waals surface area contributed by atoms with E-state index in [-0.39, 0.29) is 13.2 Å². The minimum Gasteiger partial charge on any atom is -0.460 e. The summed E-state index contributed by atoms with van der Waals surface area (Å²) in [5.41, 5.74) is 3.43. The van der Waals surface area contributed by atoms with Crippen LogP contribution >= 0.6 is 11.8 Å². The molecule has 2 N–H and O–H groups in total. The summed E-state index contributed by atoms with van der Waals surface area (Å²) in [6.45, 7) is 2.01. The van der Waals surface area contributed by atoms with Crippen molar-refractivity contribution in [3.63, 3.8) is 0 Å². The number of esters is 1. The van der Waals surface area contributed by atoms with Crippen LogP contribution in [0.2, 0.25) is 0 Å². The van der Waals surface area contributed by atoms with Crippen molar-refractivity contribution in [1.29, 1.82) is 0 Å². The molecular weight excluding hydrogens is 365 g/mol. The Kier molecular flexibility index (Phi) is 6.21. The Balaban J connectivity index is 1.53. The van der Waals surface area contributed by atoms with Gasteiger partial charge in [-0.2, -0.15) is 0 Å². The van der Waals surface area contributed by atoms with Crippen molar-refractivity contribution >= 4 is 36.2 Å². The minimum absolute atomic E-state index is 0.158. The molecule has 1 aliphatic rings.